The third-order valence-corrected chi connectivity index (χ3v) is 11.4. The highest BCUT2D eigenvalue weighted by Gasteiger charge is 2.53. The van der Waals surface area contributed by atoms with E-state index in [2.05, 4.69) is 46.5 Å². The number of pyridine rings is 1. The number of hydrogen-bond donors (Lipinski definition) is 0. The van der Waals surface area contributed by atoms with Crippen molar-refractivity contribution in [1.82, 2.24) is 4.98 Å². The van der Waals surface area contributed by atoms with E-state index in [4.69, 9.17) is 4.74 Å². The lowest BCUT2D eigenvalue weighted by atomic mass is 9.76. The molecule has 3 nitrogen and oxygen atoms in total. The molecule has 5 heteroatoms. The van der Waals surface area contributed by atoms with Crippen molar-refractivity contribution in [3.05, 3.63) is 29.6 Å². The highest BCUT2D eigenvalue weighted by atomic mass is 19.3. The fraction of sp³-hybridized carbons (Fsp3) is 0.850. The molecular weight excluding hydrogens is 564 g/mol. The number of rotatable bonds is 13. The predicted octanol–water partition coefficient (Wildman–Crippen LogP) is 12.0. The Hall–Kier alpha value is -1.36. The molecule has 3 aliphatic rings. The van der Waals surface area contributed by atoms with Crippen LogP contribution in [-0.4, -0.2) is 24.0 Å². The topological polar surface area (TPSA) is 39.2 Å². The van der Waals surface area contributed by atoms with E-state index < -0.39 is 5.92 Å². The van der Waals surface area contributed by atoms with Crippen molar-refractivity contribution >= 4 is 5.78 Å². The minimum atomic E-state index is -2.85. The first-order chi connectivity index (χ1) is 21.2. The van der Waals surface area contributed by atoms with Gasteiger partial charge in [0, 0.05) is 25.1 Å². The minimum absolute atomic E-state index is 0.119. The monoisotopic (exact) mass is 634 g/mol. The van der Waals surface area contributed by atoms with Gasteiger partial charge < -0.3 is 4.74 Å². The zero-order valence-corrected chi connectivity index (χ0v) is 30.6. The van der Waals surface area contributed by atoms with Gasteiger partial charge in [0.1, 0.15) is 11.5 Å². The van der Waals surface area contributed by atoms with Crippen molar-refractivity contribution in [2.75, 3.05) is 7.11 Å². The van der Waals surface area contributed by atoms with Crippen LogP contribution in [-0.2, 0) is 21.9 Å². The Morgan fingerprint density at radius 3 is 2.29 bits per heavy atom. The molecule has 3 aliphatic carbocycles. The fourth-order valence-corrected chi connectivity index (χ4v) is 8.50. The molecule has 3 saturated carbocycles. The number of aromatic nitrogens is 1. The first-order valence-electron chi connectivity index (χ1n) is 18.6. The van der Waals surface area contributed by atoms with E-state index in [0.717, 1.165) is 67.4 Å². The zero-order chi connectivity index (χ0) is 33.6. The number of carbonyl (C=O) groups is 1. The second-order valence-electron chi connectivity index (χ2n) is 15.7. The molecule has 0 saturated heterocycles. The van der Waals surface area contributed by atoms with E-state index in [1.54, 1.807) is 6.07 Å². The van der Waals surface area contributed by atoms with Crippen LogP contribution in [0.5, 0.6) is 0 Å². The van der Waals surface area contributed by atoms with Crippen LogP contribution in [0.25, 0.3) is 0 Å². The molecule has 1 aromatic heterocycles. The van der Waals surface area contributed by atoms with Crippen LogP contribution in [0.15, 0.2) is 18.2 Å². The number of fused-ring (bicyclic) bond motifs is 1. The van der Waals surface area contributed by atoms with Crippen LogP contribution in [0.3, 0.4) is 0 Å². The lowest BCUT2D eigenvalue weighted by molar-refractivity contribution is -0.127. The molecule has 4 rings (SSSR count). The number of carbonyl (C=O) groups excluding carboxylic acids is 1. The van der Waals surface area contributed by atoms with Gasteiger partial charge in [0.15, 0.2) is 0 Å². The minimum Gasteiger partial charge on any atom is -0.381 e. The summed E-state index contributed by atoms with van der Waals surface area (Å²) in [5.74, 6) is 2.28. The van der Waals surface area contributed by atoms with Crippen LogP contribution in [0.1, 0.15) is 163 Å². The van der Waals surface area contributed by atoms with E-state index in [1.165, 1.54) is 89.5 Å². The third-order valence-electron chi connectivity index (χ3n) is 11.4. The molecule has 260 valence electrons. The highest BCUT2D eigenvalue weighted by molar-refractivity contribution is 5.83. The van der Waals surface area contributed by atoms with Gasteiger partial charge in [-0.3, -0.25) is 9.78 Å². The number of hydrogen-bond acceptors (Lipinski definition) is 3. The Morgan fingerprint density at radius 2 is 1.73 bits per heavy atom. The maximum absolute atomic E-state index is 13.3. The van der Waals surface area contributed by atoms with Gasteiger partial charge in [-0.05, 0) is 112 Å². The normalized spacial score (nSPS) is 27.6. The third kappa shape index (κ3) is 13.0. The molecule has 0 bridgehead atoms. The summed E-state index contributed by atoms with van der Waals surface area (Å²) in [4.78, 5) is 15.9. The van der Waals surface area contributed by atoms with Gasteiger partial charge in [0.05, 0.1) is 6.10 Å². The first-order valence-corrected chi connectivity index (χ1v) is 18.6. The molecule has 1 aromatic rings. The van der Waals surface area contributed by atoms with Crippen LogP contribution in [0.2, 0.25) is 0 Å². The Bertz CT molecular complexity index is 975. The molecule has 0 radical (unpaired) electrons. The summed E-state index contributed by atoms with van der Waals surface area (Å²) in [5, 5.41) is 0. The van der Waals surface area contributed by atoms with E-state index in [0.29, 0.717) is 11.9 Å². The van der Waals surface area contributed by atoms with Gasteiger partial charge >= 0.3 is 0 Å². The van der Waals surface area contributed by atoms with Gasteiger partial charge in [-0.2, -0.15) is 8.78 Å². The molecule has 0 aromatic carbocycles. The number of aryl methyl sites for hydroxylation is 1. The maximum Gasteiger partial charge on any atom is 0.286 e. The Balaban J connectivity index is 0.000000259. The number of methoxy groups -OCH3 is 1. The molecule has 0 aliphatic heterocycles. The fourth-order valence-electron chi connectivity index (χ4n) is 8.50. The van der Waals surface area contributed by atoms with Gasteiger partial charge in [-0.15, -0.1) is 0 Å². The lowest BCUT2D eigenvalue weighted by Crippen LogP contribution is -2.28. The van der Waals surface area contributed by atoms with Gasteiger partial charge in [0.25, 0.3) is 5.92 Å². The van der Waals surface area contributed by atoms with Crippen LogP contribution >= 0.6 is 0 Å². The summed E-state index contributed by atoms with van der Waals surface area (Å²) >= 11 is 0. The molecule has 7 unspecified atom stereocenters. The van der Waals surface area contributed by atoms with Crippen molar-refractivity contribution in [1.29, 1.82) is 0 Å². The molecule has 0 amide bonds. The molecule has 0 N–H and O–H groups in total. The Labute approximate surface area is 276 Å². The SMILES string of the molecule is CC(=O)C12CCCC1CC(C(C)C)C2.CCCC(C)CC(C)CCCCc1cccc(C(C)(F)F)n1.COC1CCCCC1C. The van der Waals surface area contributed by atoms with Crippen molar-refractivity contribution < 1.29 is 18.3 Å². The van der Waals surface area contributed by atoms with E-state index >= 15 is 0 Å². The molecular formula is C40H69F2NO2. The smallest absolute Gasteiger partial charge is 0.286 e. The second kappa shape index (κ2) is 19.5. The van der Waals surface area contributed by atoms with Crippen molar-refractivity contribution in [2.45, 2.75) is 170 Å². The molecule has 0 spiro atoms. The Morgan fingerprint density at radius 1 is 1.04 bits per heavy atom. The number of nitrogens with zero attached hydrogens (tertiary/aromatic N) is 1. The Kier molecular flexibility index (Phi) is 17.2. The second-order valence-corrected chi connectivity index (χ2v) is 15.7. The summed E-state index contributed by atoms with van der Waals surface area (Å²) in [6.07, 6.45) is 20.3. The zero-order valence-electron chi connectivity index (χ0n) is 30.6. The molecule has 3 fully saturated rings. The van der Waals surface area contributed by atoms with Crippen molar-refractivity contribution in [3.8, 4) is 0 Å². The first kappa shape index (κ1) is 39.8. The number of alkyl halides is 2. The molecule has 1 heterocycles. The van der Waals surface area contributed by atoms with Gasteiger partial charge in [-0.25, -0.2) is 0 Å². The van der Waals surface area contributed by atoms with E-state index in [9.17, 15) is 13.6 Å². The summed E-state index contributed by atoms with van der Waals surface area (Å²) in [6, 6.07) is 4.94. The van der Waals surface area contributed by atoms with E-state index in [1.807, 2.05) is 20.1 Å². The summed E-state index contributed by atoms with van der Waals surface area (Å²) in [6.45, 7) is 16.5. The van der Waals surface area contributed by atoms with Gasteiger partial charge in [0.2, 0.25) is 0 Å². The van der Waals surface area contributed by atoms with Crippen molar-refractivity contribution in [3.63, 3.8) is 0 Å². The summed E-state index contributed by atoms with van der Waals surface area (Å²) in [5.41, 5.74) is 0.785. The standard InChI is InChI=1S/C19H31F2N.C13H22O.C8H16O/c1-5-9-15(2)14-16(3)10-6-7-11-17-12-8-13-18(22-17)19(4,20)21;1-9(2)11-7-12-5-4-6-13(12,8-11)10(3)14;1-7-5-3-4-6-8(7)9-2/h8,12-13,15-16H,5-7,9-11,14H2,1-4H3;9,11-12H,4-8H2,1-3H3;7-8H,3-6H2,1-2H3. The average molecular weight is 634 g/mol. The molecule has 7 atom stereocenters. The van der Waals surface area contributed by atoms with E-state index in [-0.39, 0.29) is 11.1 Å². The van der Waals surface area contributed by atoms with Crippen LogP contribution in [0, 0.1) is 40.9 Å². The summed E-state index contributed by atoms with van der Waals surface area (Å²) < 4.78 is 31.8. The average Bonchev–Trinajstić information content (AvgIpc) is 3.56. The largest absolute Gasteiger partial charge is 0.381 e. The number of Topliss-reactive ketones (excluding diaryl/α,β-unsaturated/α-hetero) is 1. The van der Waals surface area contributed by atoms with Gasteiger partial charge in [-0.1, -0.05) is 92.6 Å². The maximum atomic E-state index is 13.3. The number of ether oxygens (including phenoxy) is 1. The lowest BCUT2D eigenvalue weighted by Gasteiger charge is -2.26. The van der Waals surface area contributed by atoms with Crippen molar-refractivity contribution in [2.24, 2.45) is 40.9 Å². The summed E-state index contributed by atoms with van der Waals surface area (Å²) in [7, 11) is 1.83. The highest BCUT2D eigenvalue weighted by Crippen LogP contribution is 2.58. The number of halogens is 2. The van der Waals surface area contributed by atoms with Crippen LogP contribution < -0.4 is 0 Å². The number of unbranched alkanes of at least 4 members (excludes halogenated alkanes) is 1. The number of ketones is 1. The predicted molar refractivity (Wildman–Crippen MR) is 186 cm³/mol. The van der Waals surface area contributed by atoms with Crippen LogP contribution in [0.4, 0.5) is 8.78 Å². The molecule has 45 heavy (non-hydrogen) atoms. The quantitative estimate of drug-likeness (QED) is 0.203.